The third-order valence-electron chi connectivity index (χ3n) is 6.59. The number of nitrogens with one attached hydrogen (secondary N) is 2. The number of piperidine rings is 1. The van der Waals surface area contributed by atoms with E-state index in [-0.39, 0.29) is 16.2 Å². The lowest BCUT2D eigenvalue weighted by Crippen LogP contribution is -2.46. The molecule has 0 unspecified atom stereocenters. The Hall–Kier alpha value is -1.69. The van der Waals surface area contributed by atoms with E-state index in [0.29, 0.717) is 0 Å². The summed E-state index contributed by atoms with van der Waals surface area (Å²) in [5, 5.41) is 10.6. The summed E-state index contributed by atoms with van der Waals surface area (Å²) in [5.74, 6) is -2.76. The lowest BCUT2D eigenvalue weighted by atomic mass is 9.73. The molecule has 0 radical (unpaired) electrons. The number of halogens is 3. The number of benzene rings is 1. The number of carbonyl (C=O) groups is 1. The van der Waals surface area contributed by atoms with E-state index < -0.39 is 23.1 Å². The second kappa shape index (κ2) is 10.5. The monoisotopic (exact) mass is 505 g/mol. The van der Waals surface area contributed by atoms with Crippen molar-refractivity contribution in [3.05, 3.63) is 29.3 Å². The third kappa shape index (κ3) is 6.30. The molecule has 1 aromatic rings. The van der Waals surface area contributed by atoms with E-state index in [9.17, 15) is 17.4 Å². The molecule has 0 aromatic heterocycles. The highest BCUT2D eigenvalue weighted by atomic mass is 32.2. The molecule has 2 atom stereocenters. The van der Waals surface area contributed by atoms with E-state index in [4.69, 9.17) is 14.6 Å². The van der Waals surface area contributed by atoms with Crippen molar-refractivity contribution in [2.24, 2.45) is 5.41 Å². The van der Waals surface area contributed by atoms with Crippen LogP contribution in [0.5, 0.6) is 0 Å². The molecule has 1 aromatic carbocycles. The van der Waals surface area contributed by atoms with Crippen LogP contribution in [0.15, 0.2) is 18.2 Å². The first kappa shape index (κ1) is 26.9. The van der Waals surface area contributed by atoms with Crippen LogP contribution in [-0.2, 0) is 26.9 Å². The number of aliphatic carboxylic acids is 1. The Bertz CT molecular complexity index is 892. The molecule has 2 saturated heterocycles. The Morgan fingerprint density at radius 2 is 1.79 bits per heavy atom. The molecule has 2 aliphatic heterocycles. The number of fused-ring (bicyclic) bond motifs is 1. The second-order valence-electron chi connectivity index (χ2n) is 10.0. The van der Waals surface area contributed by atoms with Crippen LogP contribution in [0, 0.1) is 5.41 Å². The van der Waals surface area contributed by atoms with Gasteiger partial charge < -0.3 is 20.1 Å². The minimum Gasteiger partial charge on any atom is -0.475 e. The zero-order valence-electron chi connectivity index (χ0n) is 19.8. The van der Waals surface area contributed by atoms with Crippen molar-refractivity contribution in [3.8, 4) is 0 Å². The minimum atomic E-state index is -5.08. The Kier molecular flexibility index (Phi) is 8.32. The SMILES string of the molecule is CC(C)(C)[S@@](=O)N[C@@H]1c2cc(N3CCOCC3)ccc2CC12CCNCC2.O=C(O)C(F)(F)F. The minimum absolute atomic E-state index is 0.163. The maximum absolute atomic E-state index is 13.0. The molecular formula is C23H34F3N3O4S. The van der Waals surface area contributed by atoms with Gasteiger partial charge in [0.15, 0.2) is 0 Å². The van der Waals surface area contributed by atoms with Gasteiger partial charge in [-0.15, -0.1) is 0 Å². The van der Waals surface area contributed by atoms with Crippen molar-refractivity contribution in [1.82, 2.24) is 10.0 Å². The molecule has 7 nitrogen and oxygen atoms in total. The molecule has 1 spiro atoms. The number of carboxylic acids is 1. The molecule has 2 fully saturated rings. The summed E-state index contributed by atoms with van der Waals surface area (Å²) in [4.78, 5) is 11.3. The third-order valence-corrected chi connectivity index (χ3v) is 8.16. The van der Waals surface area contributed by atoms with Crippen molar-refractivity contribution in [2.45, 2.75) is 57.0 Å². The van der Waals surface area contributed by atoms with E-state index in [0.717, 1.165) is 58.7 Å². The lowest BCUT2D eigenvalue weighted by Gasteiger charge is -2.40. The molecule has 3 N–H and O–H groups in total. The van der Waals surface area contributed by atoms with Gasteiger partial charge in [-0.2, -0.15) is 13.2 Å². The Morgan fingerprint density at radius 3 is 2.32 bits per heavy atom. The predicted octanol–water partition coefficient (Wildman–Crippen LogP) is 3.18. The quantitative estimate of drug-likeness (QED) is 0.585. The van der Waals surface area contributed by atoms with Crippen LogP contribution in [0.1, 0.15) is 50.8 Å². The topological polar surface area (TPSA) is 90.9 Å². The Morgan fingerprint density at radius 1 is 1.21 bits per heavy atom. The molecular weight excluding hydrogens is 471 g/mol. The van der Waals surface area contributed by atoms with Crippen molar-refractivity contribution in [2.75, 3.05) is 44.3 Å². The van der Waals surface area contributed by atoms with Crippen molar-refractivity contribution in [3.63, 3.8) is 0 Å². The van der Waals surface area contributed by atoms with Crippen LogP contribution in [0.25, 0.3) is 0 Å². The number of hydrogen-bond donors (Lipinski definition) is 3. The molecule has 1 aliphatic carbocycles. The van der Waals surface area contributed by atoms with Gasteiger partial charge in [0.25, 0.3) is 0 Å². The van der Waals surface area contributed by atoms with E-state index in [1.807, 2.05) is 20.8 Å². The van der Waals surface area contributed by atoms with E-state index >= 15 is 0 Å². The molecule has 11 heteroatoms. The first-order valence-electron chi connectivity index (χ1n) is 11.5. The Balaban J connectivity index is 0.000000406. The molecule has 34 heavy (non-hydrogen) atoms. The first-order chi connectivity index (χ1) is 15.8. The van der Waals surface area contributed by atoms with Crippen LogP contribution < -0.4 is 14.9 Å². The number of alkyl halides is 3. The zero-order valence-corrected chi connectivity index (χ0v) is 20.7. The van der Waals surface area contributed by atoms with Gasteiger partial charge in [0, 0.05) is 18.8 Å². The van der Waals surface area contributed by atoms with Crippen LogP contribution in [-0.4, -0.2) is 65.6 Å². The summed E-state index contributed by atoms with van der Waals surface area (Å²) in [6.45, 7) is 11.7. The smallest absolute Gasteiger partial charge is 0.475 e. The number of nitrogens with zero attached hydrogens (tertiary/aromatic N) is 1. The van der Waals surface area contributed by atoms with Gasteiger partial charge in [0.2, 0.25) is 0 Å². The summed E-state index contributed by atoms with van der Waals surface area (Å²) >= 11 is 0. The largest absolute Gasteiger partial charge is 0.490 e. The summed E-state index contributed by atoms with van der Waals surface area (Å²) in [7, 11) is -1.08. The number of anilines is 1. The summed E-state index contributed by atoms with van der Waals surface area (Å²) in [5.41, 5.74) is 4.24. The summed E-state index contributed by atoms with van der Waals surface area (Å²) < 4.78 is 53.6. The van der Waals surface area contributed by atoms with Crippen LogP contribution in [0.3, 0.4) is 0 Å². The average molecular weight is 506 g/mol. The molecule has 2 heterocycles. The average Bonchev–Trinajstić information content (AvgIpc) is 3.05. The highest BCUT2D eigenvalue weighted by molar-refractivity contribution is 7.84. The van der Waals surface area contributed by atoms with Gasteiger partial charge in [-0.1, -0.05) is 6.07 Å². The number of morpholine rings is 1. The number of carboxylic acid groups (broad SMARTS) is 1. The van der Waals surface area contributed by atoms with Gasteiger partial charge in [-0.25, -0.2) is 13.7 Å². The highest BCUT2D eigenvalue weighted by Gasteiger charge is 2.48. The van der Waals surface area contributed by atoms with E-state index in [1.165, 1.54) is 16.8 Å². The molecule has 0 amide bonds. The Labute approximate surface area is 201 Å². The van der Waals surface area contributed by atoms with Crippen LogP contribution >= 0.6 is 0 Å². The molecule has 0 saturated carbocycles. The molecule has 0 bridgehead atoms. The molecule has 4 rings (SSSR count). The van der Waals surface area contributed by atoms with Gasteiger partial charge in [0.1, 0.15) is 0 Å². The normalized spacial score (nSPS) is 23.1. The second-order valence-corrected chi connectivity index (χ2v) is 12.0. The van der Waals surface area contributed by atoms with Gasteiger partial charge >= 0.3 is 12.1 Å². The van der Waals surface area contributed by atoms with Crippen molar-refractivity contribution < 1.29 is 32.0 Å². The molecule has 192 valence electrons. The standard InChI is InChI=1S/C21H33N3O2S.C2HF3O2/c1-20(2,3)27(25)23-19-18-14-17(24-10-12-26-13-11-24)5-4-16(18)15-21(19)6-8-22-9-7-21;3-2(4,5)1(6)7/h4-5,14,19,22-23H,6-13,15H2,1-3H3;(H,6,7)/t19-,27-;/m1./s1. The van der Waals surface area contributed by atoms with Crippen LogP contribution in [0.2, 0.25) is 0 Å². The maximum Gasteiger partial charge on any atom is 0.490 e. The maximum atomic E-state index is 13.0. The number of hydrogen-bond acceptors (Lipinski definition) is 5. The van der Waals surface area contributed by atoms with Gasteiger partial charge in [-0.3, -0.25) is 0 Å². The highest BCUT2D eigenvalue weighted by Crippen LogP contribution is 2.52. The summed E-state index contributed by atoms with van der Waals surface area (Å²) in [6.07, 6.45) is -1.73. The zero-order chi connectivity index (χ0) is 25.1. The van der Waals surface area contributed by atoms with Crippen molar-refractivity contribution >= 4 is 22.6 Å². The first-order valence-corrected chi connectivity index (χ1v) is 12.6. The fourth-order valence-electron chi connectivity index (χ4n) is 4.70. The number of rotatable bonds is 3. The van der Waals surface area contributed by atoms with E-state index in [2.05, 4.69) is 33.1 Å². The fourth-order valence-corrected chi connectivity index (χ4v) is 5.65. The van der Waals surface area contributed by atoms with Gasteiger partial charge in [0.05, 0.1) is 35.0 Å². The number of ether oxygens (including phenoxy) is 1. The summed E-state index contributed by atoms with van der Waals surface area (Å²) in [6, 6.07) is 7.10. The van der Waals surface area contributed by atoms with Gasteiger partial charge in [-0.05, 0) is 81.8 Å². The lowest BCUT2D eigenvalue weighted by molar-refractivity contribution is -0.192. The fraction of sp³-hybridized carbons (Fsp3) is 0.696. The van der Waals surface area contributed by atoms with Crippen molar-refractivity contribution in [1.29, 1.82) is 0 Å². The predicted molar refractivity (Wildman–Crippen MR) is 125 cm³/mol. The molecule has 3 aliphatic rings. The van der Waals surface area contributed by atoms with E-state index in [1.54, 1.807) is 0 Å². The van der Waals surface area contributed by atoms with Crippen LogP contribution in [0.4, 0.5) is 18.9 Å².